The van der Waals surface area contributed by atoms with Gasteiger partial charge in [-0.25, -0.2) is 15.0 Å². The largest absolute Gasteiger partial charge is 0.473 e. The molecule has 160 valence electrons. The Labute approximate surface area is 194 Å². The zero-order chi connectivity index (χ0) is 20.5. The third-order valence-electron chi connectivity index (χ3n) is 4.27. The summed E-state index contributed by atoms with van der Waals surface area (Å²) in [5.41, 5.74) is 3.03. The highest BCUT2D eigenvalue weighted by molar-refractivity contribution is 14.0. The second-order valence-electron chi connectivity index (χ2n) is 6.57. The van der Waals surface area contributed by atoms with Gasteiger partial charge in [0.1, 0.15) is 12.4 Å². The molecule has 2 N–H and O–H groups in total. The molecule has 0 aliphatic rings. The van der Waals surface area contributed by atoms with E-state index in [0.29, 0.717) is 37.4 Å². The minimum absolute atomic E-state index is 0. The average molecular weight is 521 g/mol. The highest BCUT2D eigenvalue weighted by Crippen LogP contribution is 2.13. The molecule has 30 heavy (non-hydrogen) atoms. The monoisotopic (exact) mass is 521 g/mol. The summed E-state index contributed by atoms with van der Waals surface area (Å²) < 4.78 is 11.4. The van der Waals surface area contributed by atoms with Gasteiger partial charge in [-0.15, -0.1) is 24.0 Å². The number of hydrogen-bond donors (Lipinski definition) is 2. The zero-order valence-corrected chi connectivity index (χ0v) is 19.8. The fourth-order valence-electron chi connectivity index (χ4n) is 2.65. The lowest BCUT2D eigenvalue weighted by atomic mass is 10.2. The summed E-state index contributed by atoms with van der Waals surface area (Å²) in [5, 5.41) is 6.47. The van der Waals surface area contributed by atoms with Gasteiger partial charge < -0.3 is 19.8 Å². The van der Waals surface area contributed by atoms with Gasteiger partial charge in [-0.1, -0.05) is 30.3 Å². The Balaban J connectivity index is 0.00000320. The van der Waals surface area contributed by atoms with Crippen LogP contribution in [0.2, 0.25) is 0 Å². The SMILES string of the molecule is CCNC(=NCc1ccnc(OCc2ccccc2)c1)NCc1nc(C)c(C)o1.I. The number of nitrogens with one attached hydrogen (secondary N) is 2. The number of benzene rings is 1. The standard InChI is InChI=1S/C22H27N5O2.HI/c1-4-23-22(26-14-21-27-16(2)17(3)29-21)25-13-19-10-11-24-20(12-19)28-15-18-8-6-5-7-9-18;/h5-12H,4,13-15H2,1-3H3,(H2,23,25,26);1H. The zero-order valence-electron chi connectivity index (χ0n) is 17.5. The van der Waals surface area contributed by atoms with Crippen LogP contribution in [0.15, 0.2) is 58.1 Å². The van der Waals surface area contributed by atoms with Crippen LogP contribution in [0.1, 0.15) is 35.4 Å². The van der Waals surface area contributed by atoms with Gasteiger partial charge in [0.05, 0.1) is 18.8 Å². The highest BCUT2D eigenvalue weighted by atomic mass is 127. The first-order valence-corrected chi connectivity index (χ1v) is 9.70. The minimum atomic E-state index is 0. The Morgan fingerprint density at radius 3 is 2.60 bits per heavy atom. The molecule has 8 heteroatoms. The van der Waals surface area contributed by atoms with Crippen LogP contribution in [-0.4, -0.2) is 22.5 Å². The third-order valence-corrected chi connectivity index (χ3v) is 4.27. The smallest absolute Gasteiger partial charge is 0.214 e. The van der Waals surface area contributed by atoms with Crippen LogP contribution in [0.25, 0.3) is 0 Å². The molecular weight excluding hydrogens is 493 g/mol. The van der Waals surface area contributed by atoms with Crippen molar-refractivity contribution in [2.45, 2.75) is 40.5 Å². The molecule has 0 aliphatic heterocycles. The predicted octanol–water partition coefficient (Wildman–Crippen LogP) is 4.14. The molecule has 0 spiro atoms. The number of ether oxygens (including phenoxy) is 1. The predicted molar refractivity (Wildman–Crippen MR) is 128 cm³/mol. The molecule has 0 saturated heterocycles. The fourth-order valence-corrected chi connectivity index (χ4v) is 2.65. The van der Waals surface area contributed by atoms with Gasteiger partial charge in [0.2, 0.25) is 11.8 Å². The van der Waals surface area contributed by atoms with Crippen molar-refractivity contribution in [1.29, 1.82) is 0 Å². The van der Waals surface area contributed by atoms with E-state index < -0.39 is 0 Å². The van der Waals surface area contributed by atoms with E-state index in [0.717, 1.165) is 29.1 Å². The van der Waals surface area contributed by atoms with Crippen LogP contribution in [0.3, 0.4) is 0 Å². The molecule has 3 rings (SSSR count). The molecule has 2 aromatic heterocycles. The van der Waals surface area contributed by atoms with E-state index in [2.05, 4.69) is 25.6 Å². The molecule has 0 atom stereocenters. The van der Waals surface area contributed by atoms with Crippen molar-refractivity contribution in [1.82, 2.24) is 20.6 Å². The number of guanidine groups is 1. The number of aromatic nitrogens is 2. The number of halogens is 1. The van der Waals surface area contributed by atoms with Gasteiger partial charge in [0.15, 0.2) is 5.96 Å². The van der Waals surface area contributed by atoms with E-state index in [9.17, 15) is 0 Å². The number of nitrogens with zero attached hydrogens (tertiary/aromatic N) is 3. The second kappa shape index (κ2) is 12.2. The molecule has 7 nitrogen and oxygen atoms in total. The maximum Gasteiger partial charge on any atom is 0.214 e. The van der Waals surface area contributed by atoms with Crippen LogP contribution >= 0.6 is 24.0 Å². The van der Waals surface area contributed by atoms with Crippen molar-refractivity contribution >= 4 is 29.9 Å². The van der Waals surface area contributed by atoms with Gasteiger partial charge in [-0.3, -0.25) is 0 Å². The maximum absolute atomic E-state index is 5.79. The van der Waals surface area contributed by atoms with Crippen LogP contribution in [0.5, 0.6) is 5.88 Å². The van der Waals surface area contributed by atoms with E-state index in [4.69, 9.17) is 9.15 Å². The van der Waals surface area contributed by atoms with Crippen molar-refractivity contribution in [3.05, 3.63) is 77.1 Å². The van der Waals surface area contributed by atoms with Gasteiger partial charge in [0.25, 0.3) is 0 Å². The first kappa shape index (κ1) is 23.7. The molecule has 0 radical (unpaired) electrons. The van der Waals surface area contributed by atoms with E-state index in [1.165, 1.54) is 0 Å². The second-order valence-corrected chi connectivity index (χ2v) is 6.57. The Bertz CT molecular complexity index is 924. The van der Waals surface area contributed by atoms with E-state index >= 15 is 0 Å². The molecule has 0 saturated carbocycles. The summed E-state index contributed by atoms with van der Waals surface area (Å²) in [7, 11) is 0. The Hall–Kier alpha value is -2.62. The Morgan fingerprint density at radius 2 is 1.90 bits per heavy atom. The van der Waals surface area contributed by atoms with Gasteiger partial charge in [0, 0.05) is 18.8 Å². The highest BCUT2D eigenvalue weighted by Gasteiger charge is 2.06. The minimum Gasteiger partial charge on any atom is -0.473 e. The molecule has 0 fully saturated rings. The van der Waals surface area contributed by atoms with E-state index in [-0.39, 0.29) is 24.0 Å². The molecule has 0 amide bonds. The number of pyridine rings is 1. The molecular formula is C22H28IN5O2. The summed E-state index contributed by atoms with van der Waals surface area (Å²) in [4.78, 5) is 13.3. The summed E-state index contributed by atoms with van der Waals surface area (Å²) in [6.07, 6.45) is 1.74. The number of oxazole rings is 1. The first-order valence-electron chi connectivity index (χ1n) is 9.70. The van der Waals surface area contributed by atoms with Crippen molar-refractivity contribution in [3.8, 4) is 5.88 Å². The molecule has 0 bridgehead atoms. The summed E-state index contributed by atoms with van der Waals surface area (Å²) in [6.45, 7) is 8.09. The number of aryl methyl sites for hydroxylation is 2. The van der Waals surface area contributed by atoms with Crippen LogP contribution in [0.4, 0.5) is 0 Å². The summed E-state index contributed by atoms with van der Waals surface area (Å²) in [5.74, 6) is 2.77. The van der Waals surface area contributed by atoms with Gasteiger partial charge in [-0.2, -0.15) is 0 Å². The normalized spacial score (nSPS) is 11.0. The number of hydrogen-bond acceptors (Lipinski definition) is 5. The first-order chi connectivity index (χ1) is 14.1. The molecule has 1 aromatic carbocycles. The molecule has 2 heterocycles. The van der Waals surface area contributed by atoms with E-state index in [1.807, 2.05) is 63.2 Å². The van der Waals surface area contributed by atoms with E-state index in [1.54, 1.807) is 6.20 Å². The maximum atomic E-state index is 5.79. The Morgan fingerprint density at radius 1 is 1.10 bits per heavy atom. The lowest BCUT2D eigenvalue weighted by Gasteiger charge is -2.10. The van der Waals surface area contributed by atoms with Crippen molar-refractivity contribution in [3.63, 3.8) is 0 Å². The van der Waals surface area contributed by atoms with Crippen LogP contribution in [0, 0.1) is 13.8 Å². The molecule has 0 aliphatic carbocycles. The van der Waals surface area contributed by atoms with Crippen LogP contribution < -0.4 is 15.4 Å². The fraction of sp³-hybridized carbons (Fsp3) is 0.318. The Kier molecular flexibility index (Phi) is 9.59. The van der Waals surface area contributed by atoms with Crippen LogP contribution in [-0.2, 0) is 19.7 Å². The topological polar surface area (TPSA) is 84.6 Å². The summed E-state index contributed by atoms with van der Waals surface area (Å²) >= 11 is 0. The lowest BCUT2D eigenvalue weighted by Crippen LogP contribution is -2.36. The van der Waals surface area contributed by atoms with Gasteiger partial charge in [-0.05, 0) is 38.0 Å². The van der Waals surface area contributed by atoms with Crippen molar-refractivity contribution in [2.24, 2.45) is 4.99 Å². The molecule has 3 aromatic rings. The van der Waals surface area contributed by atoms with Crippen molar-refractivity contribution in [2.75, 3.05) is 6.54 Å². The number of rotatable bonds is 8. The number of aliphatic imine (C=N–C) groups is 1. The van der Waals surface area contributed by atoms with Crippen molar-refractivity contribution < 1.29 is 9.15 Å². The quantitative estimate of drug-likeness (QED) is 0.264. The third kappa shape index (κ3) is 7.33. The molecule has 0 unspecified atom stereocenters. The summed E-state index contributed by atoms with van der Waals surface area (Å²) in [6, 6.07) is 13.9. The van der Waals surface area contributed by atoms with Gasteiger partial charge >= 0.3 is 0 Å². The lowest BCUT2D eigenvalue weighted by molar-refractivity contribution is 0.293. The average Bonchev–Trinajstić information content (AvgIpc) is 3.07.